The third kappa shape index (κ3) is 71.6. The molecule has 0 aromatic carbocycles. The van der Waals surface area contributed by atoms with Gasteiger partial charge in [-0.05, 0) is 51.4 Å². The number of ether oxygens (including phenoxy) is 1. The molecule has 0 saturated carbocycles. The van der Waals surface area contributed by atoms with E-state index in [-0.39, 0.29) is 18.5 Å². The van der Waals surface area contributed by atoms with E-state index in [0.29, 0.717) is 25.9 Å². The van der Waals surface area contributed by atoms with Gasteiger partial charge in [-0.15, -0.1) is 0 Å². The molecule has 0 aromatic rings. The Labute approximate surface area is 533 Å². The summed E-state index contributed by atoms with van der Waals surface area (Å²) in [6.45, 7) is 5.00. The molecule has 0 fully saturated rings. The van der Waals surface area contributed by atoms with Gasteiger partial charge in [0.2, 0.25) is 5.91 Å². The van der Waals surface area contributed by atoms with E-state index in [0.717, 1.165) is 38.5 Å². The summed E-state index contributed by atoms with van der Waals surface area (Å²) in [4.78, 5) is 24.6. The zero-order chi connectivity index (χ0) is 61.3. The molecule has 85 heavy (non-hydrogen) atoms. The molecule has 0 saturated heterocycles. The molecule has 6 nitrogen and oxygen atoms in total. The molecule has 2 unspecified atom stereocenters. The monoisotopic (exact) mass is 1200 g/mol. The number of carbonyl (C=O) groups excluding carboxylic acids is 2. The third-order valence-electron chi connectivity index (χ3n) is 18.8. The Kier molecular flexibility index (Phi) is 73.8. The SMILES string of the molecule is CCCCCCCCCCCCCCCCCCC(=O)OCCCCCCCCCCCCCCCCCCCC/C=C\CCCCCCCCCCCCCCCCCCCC(=O)NC(CO)C(O)CCCCCCCCCCCCCCC. The van der Waals surface area contributed by atoms with Crippen molar-refractivity contribution in [3.63, 3.8) is 0 Å². The second kappa shape index (κ2) is 75.1. The maximum atomic E-state index is 12.5. The fourth-order valence-corrected chi connectivity index (χ4v) is 12.8. The number of rotatable bonds is 75. The molecule has 0 bridgehead atoms. The predicted octanol–water partition coefficient (Wildman–Crippen LogP) is 25.9. The van der Waals surface area contributed by atoms with Crippen molar-refractivity contribution in [1.29, 1.82) is 0 Å². The van der Waals surface area contributed by atoms with Gasteiger partial charge < -0.3 is 20.3 Å². The molecular weight excluding hydrogens is 1040 g/mol. The summed E-state index contributed by atoms with van der Waals surface area (Å²) in [5, 5.41) is 23.3. The second-order valence-electron chi connectivity index (χ2n) is 27.4. The summed E-state index contributed by atoms with van der Waals surface area (Å²) >= 11 is 0. The number of unbranched alkanes of at least 4 members (excludes halogenated alkanes) is 62. The minimum atomic E-state index is -0.660. The predicted molar refractivity (Wildman–Crippen MR) is 375 cm³/mol. The highest BCUT2D eigenvalue weighted by molar-refractivity contribution is 5.76. The van der Waals surface area contributed by atoms with Crippen LogP contribution in [0, 0.1) is 0 Å². The molecule has 0 aromatic heterocycles. The first kappa shape index (κ1) is 83.6. The van der Waals surface area contributed by atoms with Gasteiger partial charge in [-0.3, -0.25) is 9.59 Å². The Balaban J connectivity index is 3.29. The first-order valence-electron chi connectivity index (χ1n) is 39.4. The molecule has 506 valence electrons. The number of hydrogen-bond donors (Lipinski definition) is 3. The van der Waals surface area contributed by atoms with Gasteiger partial charge in [0, 0.05) is 12.8 Å². The van der Waals surface area contributed by atoms with Gasteiger partial charge in [-0.25, -0.2) is 0 Å². The highest BCUT2D eigenvalue weighted by atomic mass is 16.5. The summed E-state index contributed by atoms with van der Waals surface area (Å²) in [5.41, 5.74) is 0. The number of aliphatic hydroxyl groups excluding tert-OH is 2. The smallest absolute Gasteiger partial charge is 0.305 e. The summed E-state index contributed by atoms with van der Waals surface area (Å²) in [7, 11) is 0. The van der Waals surface area contributed by atoms with Crippen molar-refractivity contribution < 1.29 is 24.5 Å². The molecule has 0 rings (SSSR count). The number of amides is 1. The van der Waals surface area contributed by atoms with Crippen LogP contribution in [0.3, 0.4) is 0 Å². The number of nitrogens with one attached hydrogen (secondary N) is 1. The fourth-order valence-electron chi connectivity index (χ4n) is 12.8. The quantitative estimate of drug-likeness (QED) is 0.0320. The zero-order valence-electron chi connectivity index (χ0n) is 58.1. The average Bonchev–Trinajstić information content (AvgIpc) is 3.51. The van der Waals surface area contributed by atoms with Crippen molar-refractivity contribution >= 4 is 11.9 Å². The summed E-state index contributed by atoms with van der Waals surface area (Å²) < 4.78 is 5.51. The molecule has 0 spiro atoms. The molecular formula is C79H155NO5. The van der Waals surface area contributed by atoms with Gasteiger partial charge in [-0.1, -0.05) is 405 Å². The first-order chi connectivity index (χ1) is 42.0. The summed E-state index contributed by atoms with van der Waals surface area (Å²) in [5.74, 6) is -0.000673. The van der Waals surface area contributed by atoms with Crippen LogP contribution in [0.4, 0.5) is 0 Å². The van der Waals surface area contributed by atoms with Crippen molar-refractivity contribution in [1.82, 2.24) is 5.32 Å². The van der Waals surface area contributed by atoms with Crippen LogP contribution in [0.25, 0.3) is 0 Å². The van der Waals surface area contributed by atoms with Gasteiger partial charge >= 0.3 is 5.97 Å². The Bertz CT molecular complexity index is 1290. The van der Waals surface area contributed by atoms with E-state index in [1.807, 2.05) is 0 Å². The van der Waals surface area contributed by atoms with Crippen LogP contribution < -0.4 is 5.32 Å². The lowest BCUT2D eigenvalue weighted by molar-refractivity contribution is -0.143. The molecule has 0 heterocycles. The topological polar surface area (TPSA) is 95.9 Å². The van der Waals surface area contributed by atoms with Crippen molar-refractivity contribution in [2.45, 2.75) is 469 Å². The Hall–Kier alpha value is -1.40. The van der Waals surface area contributed by atoms with E-state index in [1.54, 1.807) is 0 Å². The van der Waals surface area contributed by atoms with Crippen molar-refractivity contribution in [3.8, 4) is 0 Å². The van der Waals surface area contributed by atoms with Crippen LogP contribution in [0.1, 0.15) is 457 Å². The fraction of sp³-hybridized carbons (Fsp3) is 0.949. The van der Waals surface area contributed by atoms with Crippen LogP contribution in [0.5, 0.6) is 0 Å². The lowest BCUT2D eigenvalue weighted by Gasteiger charge is -2.22. The van der Waals surface area contributed by atoms with Crippen LogP contribution in [-0.2, 0) is 14.3 Å². The minimum absolute atomic E-state index is 0.0270. The Morgan fingerprint density at radius 2 is 0.553 bits per heavy atom. The van der Waals surface area contributed by atoms with Crippen LogP contribution in [-0.4, -0.2) is 47.4 Å². The van der Waals surface area contributed by atoms with Crippen LogP contribution >= 0.6 is 0 Å². The molecule has 2 atom stereocenters. The van der Waals surface area contributed by atoms with Gasteiger partial charge in [0.15, 0.2) is 0 Å². The number of hydrogen-bond acceptors (Lipinski definition) is 5. The minimum Gasteiger partial charge on any atom is -0.466 e. The van der Waals surface area contributed by atoms with Crippen molar-refractivity contribution in [3.05, 3.63) is 12.2 Å². The Morgan fingerprint density at radius 3 is 0.835 bits per heavy atom. The number of carbonyl (C=O) groups is 2. The van der Waals surface area contributed by atoms with Gasteiger partial charge in [0.25, 0.3) is 0 Å². The maximum Gasteiger partial charge on any atom is 0.305 e. The Morgan fingerprint density at radius 1 is 0.318 bits per heavy atom. The molecule has 1 amide bonds. The lowest BCUT2D eigenvalue weighted by Crippen LogP contribution is -2.45. The molecule has 0 aliphatic rings. The van der Waals surface area contributed by atoms with Crippen LogP contribution in [0.15, 0.2) is 12.2 Å². The number of esters is 1. The van der Waals surface area contributed by atoms with E-state index >= 15 is 0 Å². The number of allylic oxidation sites excluding steroid dienone is 2. The summed E-state index contributed by atoms with van der Waals surface area (Å²) in [6, 6.07) is -0.537. The molecule has 3 N–H and O–H groups in total. The van der Waals surface area contributed by atoms with E-state index in [1.165, 1.54) is 385 Å². The van der Waals surface area contributed by atoms with E-state index in [4.69, 9.17) is 4.74 Å². The van der Waals surface area contributed by atoms with Crippen LogP contribution in [0.2, 0.25) is 0 Å². The maximum absolute atomic E-state index is 12.5. The van der Waals surface area contributed by atoms with E-state index < -0.39 is 12.1 Å². The van der Waals surface area contributed by atoms with E-state index in [2.05, 4.69) is 31.3 Å². The van der Waals surface area contributed by atoms with Gasteiger partial charge in [0.05, 0.1) is 25.4 Å². The largest absolute Gasteiger partial charge is 0.466 e. The van der Waals surface area contributed by atoms with E-state index in [9.17, 15) is 19.8 Å². The van der Waals surface area contributed by atoms with Crippen molar-refractivity contribution in [2.24, 2.45) is 0 Å². The molecule has 0 radical (unpaired) electrons. The zero-order valence-corrected chi connectivity index (χ0v) is 58.1. The average molecular weight is 1200 g/mol. The summed E-state index contributed by atoms with van der Waals surface area (Å²) in [6.07, 6.45) is 94.6. The molecule has 0 aliphatic carbocycles. The standard InChI is InChI=1S/C79H155NO5/c1-3-5-7-9-11-13-15-17-18-45-49-53-57-61-65-69-73-79(84)85-74-70-66-62-58-54-50-46-43-41-39-37-35-33-31-29-27-25-23-21-19-20-22-24-26-28-30-32-34-36-38-40-42-44-48-52-56-60-64-68-72-78(83)80-76(75-81)77(82)71-67-63-59-55-51-47-16-14-12-10-8-6-4-2/h19-20,76-77,81-82H,3-18,21-75H2,1-2H3,(H,80,83)/b20-19-. The van der Waals surface area contributed by atoms with Gasteiger partial charge in [-0.2, -0.15) is 0 Å². The van der Waals surface area contributed by atoms with Gasteiger partial charge in [0.1, 0.15) is 0 Å². The highest BCUT2D eigenvalue weighted by Crippen LogP contribution is 2.20. The molecule has 6 heteroatoms. The lowest BCUT2D eigenvalue weighted by atomic mass is 10.0. The van der Waals surface area contributed by atoms with Crippen molar-refractivity contribution in [2.75, 3.05) is 13.2 Å². The molecule has 0 aliphatic heterocycles. The highest BCUT2D eigenvalue weighted by Gasteiger charge is 2.20. The second-order valence-corrected chi connectivity index (χ2v) is 27.4. The normalized spacial score (nSPS) is 12.5. The number of aliphatic hydroxyl groups is 2. The third-order valence-corrected chi connectivity index (χ3v) is 18.8. The first-order valence-corrected chi connectivity index (χ1v) is 39.4.